The van der Waals surface area contributed by atoms with Crippen molar-refractivity contribution in [1.29, 1.82) is 5.26 Å². The lowest BCUT2D eigenvalue weighted by atomic mass is 10.2. The number of rotatable bonds is 5. The summed E-state index contributed by atoms with van der Waals surface area (Å²) >= 11 is 1.50. The number of nitrogens with one attached hydrogen (secondary N) is 1. The Hall–Kier alpha value is -1.68. The van der Waals surface area contributed by atoms with Crippen molar-refractivity contribution in [3.05, 3.63) is 28.0 Å². The van der Waals surface area contributed by atoms with E-state index in [4.69, 9.17) is 10.00 Å². The van der Waals surface area contributed by atoms with E-state index in [1.165, 1.54) is 11.3 Å². The molecule has 0 atom stereocenters. The SMILES string of the molecule is N#C/C(=C/c1cccs1)C(=O)NCCN1CCOCC1. The molecular weight excluding hydrogens is 274 g/mol. The number of nitrogens with zero attached hydrogens (tertiary/aromatic N) is 2. The zero-order chi connectivity index (χ0) is 14.2. The van der Waals surface area contributed by atoms with Crippen LogP contribution in [0, 0.1) is 11.3 Å². The van der Waals surface area contributed by atoms with Gasteiger partial charge in [-0.15, -0.1) is 11.3 Å². The molecule has 1 aliphatic rings. The van der Waals surface area contributed by atoms with Crippen molar-refractivity contribution in [2.75, 3.05) is 39.4 Å². The first-order valence-electron chi connectivity index (χ1n) is 6.53. The summed E-state index contributed by atoms with van der Waals surface area (Å²) in [6.07, 6.45) is 1.62. The Morgan fingerprint density at radius 2 is 2.35 bits per heavy atom. The van der Waals surface area contributed by atoms with E-state index in [0.717, 1.165) is 37.7 Å². The van der Waals surface area contributed by atoms with Crippen LogP contribution in [0.4, 0.5) is 0 Å². The van der Waals surface area contributed by atoms with Crippen molar-refractivity contribution in [1.82, 2.24) is 10.2 Å². The summed E-state index contributed by atoms with van der Waals surface area (Å²) in [6.45, 7) is 4.61. The number of amides is 1. The largest absolute Gasteiger partial charge is 0.379 e. The van der Waals surface area contributed by atoms with Crippen LogP contribution in [-0.4, -0.2) is 50.2 Å². The molecule has 20 heavy (non-hydrogen) atoms. The van der Waals surface area contributed by atoms with Crippen molar-refractivity contribution in [2.45, 2.75) is 0 Å². The summed E-state index contributed by atoms with van der Waals surface area (Å²) in [7, 11) is 0. The molecule has 1 aliphatic heterocycles. The normalized spacial score (nSPS) is 16.6. The Morgan fingerprint density at radius 3 is 3.00 bits per heavy atom. The van der Waals surface area contributed by atoms with E-state index in [9.17, 15) is 4.79 Å². The summed E-state index contributed by atoms with van der Waals surface area (Å²) in [6, 6.07) is 5.72. The minimum absolute atomic E-state index is 0.148. The van der Waals surface area contributed by atoms with Gasteiger partial charge in [-0.1, -0.05) is 6.07 Å². The first-order valence-corrected chi connectivity index (χ1v) is 7.41. The molecule has 1 amide bonds. The average molecular weight is 291 g/mol. The Kier molecular flexibility index (Phi) is 5.74. The predicted octanol–water partition coefficient (Wildman–Crippen LogP) is 1.10. The van der Waals surface area contributed by atoms with Gasteiger partial charge in [-0.2, -0.15) is 5.26 Å². The number of morpholine rings is 1. The molecule has 5 nitrogen and oxygen atoms in total. The number of carbonyl (C=O) groups excluding carboxylic acids is 1. The van der Waals surface area contributed by atoms with E-state index >= 15 is 0 Å². The number of ether oxygens (including phenoxy) is 1. The lowest BCUT2D eigenvalue weighted by molar-refractivity contribution is -0.117. The molecule has 6 heteroatoms. The fourth-order valence-corrected chi connectivity index (χ4v) is 2.57. The van der Waals surface area contributed by atoms with Crippen LogP contribution in [-0.2, 0) is 9.53 Å². The van der Waals surface area contributed by atoms with Gasteiger partial charge in [0.25, 0.3) is 5.91 Å². The fraction of sp³-hybridized carbons (Fsp3) is 0.429. The van der Waals surface area contributed by atoms with Crippen molar-refractivity contribution in [2.24, 2.45) is 0 Å². The molecule has 1 aromatic heterocycles. The molecule has 106 valence electrons. The topological polar surface area (TPSA) is 65.4 Å². The molecule has 0 aliphatic carbocycles. The summed E-state index contributed by atoms with van der Waals surface area (Å²) in [5.41, 5.74) is 0.148. The smallest absolute Gasteiger partial charge is 0.262 e. The van der Waals surface area contributed by atoms with Gasteiger partial charge in [0, 0.05) is 31.1 Å². The fourth-order valence-electron chi connectivity index (χ4n) is 1.91. The molecule has 1 fully saturated rings. The summed E-state index contributed by atoms with van der Waals surface area (Å²) < 4.78 is 5.26. The van der Waals surface area contributed by atoms with Gasteiger partial charge in [-0.3, -0.25) is 9.69 Å². The van der Waals surface area contributed by atoms with Crippen molar-refractivity contribution in [3.8, 4) is 6.07 Å². The molecule has 0 spiro atoms. The zero-order valence-electron chi connectivity index (χ0n) is 11.2. The molecule has 0 saturated carbocycles. The third-order valence-electron chi connectivity index (χ3n) is 3.01. The lowest BCUT2D eigenvalue weighted by Crippen LogP contribution is -2.41. The Bertz CT molecular complexity index is 499. The summed E-state index contributed by atoms with van der Waals surface area (Å²) in [5.74, 6) is -0.311. The second-order valence-electron chi connectivity index (χ2n) is 4.40. The molecule has 1 N–H and O–H groups in total. The number of hydrogen-bond donors (Lipinski definition) is 1. The maximum Gasteiger partial charge on any atom is 0.262 e. The molecule has 0 bridgehead atoms. The molecule has 2 rings (SSSR count). The van der Waals surface area contributed by atoms with E-state index < -0.39 is 0 Å². The van der Waals surface area contributed by atoms with Crippen LogP contribution < -0.4 is 5.32 Å². The number of nitriles is 1. The Morgan fingerprint density at radius 1 is 1.55 bits per heavy atom. The van der Waals surface area contributed by atoms with Gasteiger partial charge in [0.15, 0.2) is 0 Å². The minimum atomic E-state index is -0.311. The first-order chi connectivity index (χ1) is 9.79. The zero-order valence-corrected chi connectivity index (χ0v) is 12.0. The van der Waals surface area contributed by atoms with Crippen molar-refractivity contribution in [3.63, 3.8) is 0 Å². The van der Waals surface area contributed by atoms with E-state index in [0.29, 0.717) is 6.54 Å². The third kappa shape index (κ3) is 4.46. The Balaban J connectivity index is 1.79. The van der Waals surface area contributed by atoms with Crippen LogP contribution in [0.3, 0.4) is 0 Å². The van der Waals surface area contributed by atoms with Gasteiger partial charge in [0.1, 0.15) is 11.6 Å². The molecule has 0 unspecified atom stereocenters. The average Bonchev–Trinajstić information content (AvgIpc) is 2.98. The molecule has 2 heterocycles. The van der Waals surface area contributed by atoms with Crippen LogP contribution in [0.25, 0.3) is 6.08 Å². The highest BCUT2D eigenvalue weighted by Gasteiger charge is 2.12. The van der Waals surface area contributed by atoms with Crippen LogP contribution in [0.5, 0.6) is 0 Å². The molecule has 1 aromatic rings. The predicted molar refractivity (Wildman–Crippen MR) is 78.2 cm³/mol. The maximum atomic E-state index is 11.9. The number of carbonyl (C=O) groups is 1. The van der Waals surface area contributed by atoms with Gasteiger partial charge < -0.3 is 10.1 Å². The lowest BCUT2D eigenvalue weighted by Gasteiger charge is -2.26. The first kappa shape index (κ1) is 14.7. The van der Waals surface area contributed by atoms with E-state index in [1.54, 1.807) is 6.08 Å². The quantitative estimate of drug-likeness (QED) is 0.652. The monoisotopic (exact) mass is 291 g/mol. The van der Waals surface area contributed by atoms with Crippen LogP contribution in [0.2, 0.25) is 0 Å². The minimum Gasteiger partial charge on any atom is -0.379 e. The number of hydrogen-bond acceptors (Lipinski definition) is 5. The third-order valence-corrected chi connectivity index (χ3v) is 3.83. The van der Waals surface area contributed by atoms with Crippen molar-refractivity contribution >= 4 is 23.3 Å². The van der Waals surface area contributed by atoms with Gasteiger partial charge in [0.2, 0.25) is 0 Å². The molecule has 1 saturated heterocycles. The summed E-state index contributed by atoms with van der Waals surface area (Å²) in [4.78, 5) is 15.0. The summed E-state index contributed by atoms with van der Waals surface area (Å²) in [5, 5.41) is 13.7. The van der Waals surface area contributed by atoms with Gasteiger partial charge in [-0.05, 0) is 17.5 Å². The van der Waals surface area contributed by atoms with Crippen LogP contribution in [0.1, 0.15) is 4.88 Å². The van der Waals surface area contributed by atoms with E-state index in [1.807, 2.05) is 23.6 Å². The van der Waals surface area contributed by atoms with Crippen LogP contribution >= 0.6 is 11.3 Å². The van der Waals surface area contributed by atoms with Crippen molar-refractivity contribution < 1.29 is 9.53 Å². The molecule has 0 aromatic carbocycles. The molecule has 0 radical (unpaired) electrons. The number of thiophene rings is 1. The highest BCUT2D eigenvalue weighted by Crippen LogP contribution is 2.13. The van der Waals surface area contributed by atoms with Gasteiger partial charge in [0.05, 0.1) is 13.2 Å². The van der Waals surface area contributed by atoms with E-state index in [2.05, 4.69) is 10.2 Å². The second kappa shape index (κ2) is 7.80. The van der Waals surface area contributed by atoms with Gasteiger partial charge >= 0.3 is 0 Å². The van der Waals surface area contributed by atoms with Gasteiger partial charge in [-0.25, -0.2) is 0 Å². The highest BCUT2D eigenvalue weighted by atomic mass is 32.1. The second-order valence-corrected chi connectivity index (χ2v) is 5.37. The molecular formula is C14H17N3O2S. The Labute approximate surface area is 122 Å². The highest BCUT2D eigenvalue weighted by molar-refractivity contribution is 7.10. The maximum absolute atomic E-state index is 11.9. The van der Waals surface area contributed by atoms with E-state index in [-0.39, 0.29) is 11.5 Å². The standard InChI is InChI=1S/C14H17N3O2S/c15-11-12(10-13-2-1-9-20-13)14(18)16-3-4-17-5-7-19-8-6-17/h1-2,9-10H,3-8H2,(H,16,18)/b12-10-. The van der Waals surface area contributed by atoms with Crippen LogP contribution in [0.15, 0.2) is 23.1 Å².